The molecule has 1 fully saturated rings. The Morgan fingerprint density at radius 3 is 2.10 bits per heavy atom. The normalized spacial score (nSPS) is 19.0. The summed E-state index contributed by atoms with van der Waals surface area (Å²) in [5, 5.41) is 8.93. The second-order valence-electron chi connectivity index (χ2n) is 8.74. The van der Waals surface area contributed by atoms with Crippen molar-refractivity contribution in [3.63, 3.8) is 0 Å². The van der Waals surface area contributed by atoms with Gasteiger partial charge in [-0.3, -0.25) is 4.98 Å². The van der Waals surface area contributed by atoms with Crippen LogP contribution in [-0.4, -0.2) is 4.98 Å². The second-order valence-corrected chi connectivity index (χ2v) is 8.74. The van der Waals surface area contributed by atoms with Crippen molar-refractivity contribution in [2.45, 2.75) is 95.8 Å². The van der Waals surface area contributed by atoms with Gasteiger partial charge in [-0.1, -0.05) is 69.7 Å². The smallest absolute Gasteiger partial charge is 0.101 e. The summed E-state index contributed by atoms with van der Waals surface area (Å²) < 4.78 is 0. The molecule has 2 nitrogen and oxygen atoms in total. The van der Waals surface area contributed by atoms with Gasteiger partial charge in [0.1, 0.15) is 6.07 Å². The Hall–Kier alpha value is -2.14. The van der Waals surface area contributed by atoms with Crippen molar-refractivity contribution in [3.8, 4) is 6.07 Å². The molecule has 0 saturated heterocycles. The van der Waals surface area contributed by atoms with E-state index in [2.05, 4.69) is 42.2 Å². The van der Waals surface area contributed by atoms with Gasteiger partial charge < -0.3 is 0 Å². The van der Waals surface area contributed by atoms with Crippen molar-refractivity contribution in [1.82, 2.24) is 4.98 Å². The largest absolute Gasteiger partial charge is 0.260 e. The van der Waals surface area contributed by atoms with Gasteiger partial charge in [0.25, 0.3) is 0 Å². The lowest BCUT2D eigenvalue weighted by molar-refractivity contribution is 0.391. The Balaban J connectivity index is 1.40. The van der Waals surface area contributed by atoms with Crippen LogP contribution in [0, 0.1) is 11.3 Å². The minimum atomic E-state index is 0.551. The Bertz CT molecular complexity index is 747. The highest BCUT2D eigenvalue weighted by atomic mass is 14.7. The van der Waals surface area contributed by atoms with Crippen molar-refractivity contribution >= 4 is 0 Å². The standard InChI is InChI=1S/C27H36N2/c1-2-3-4-5-6-7-8-9-22-10-13-24(14-11-22)25-15-17-26(18-16-25)27-19-12-23(20-28)21-29-27/h10-14,19,21,25-26H,2-9,15-18H2,1H3. The van der Waals surface area contributed by atoms with Gasteiger partial charge in [-0.25, -0.2) is 0 Å². The summed E-state index contributed by atoms with van der Waals surface area (Å²) in [7, 11) is 0. The molecule has 0 amide bonds. The van der Waals surface area contributed by atoms with Crippen LogP contribution in [-0.2, 0) is 6.42 Å². The summed E-state index contributed by atoms with van der Waals surface area (Å²) in [6.45, 7) is 2.28. The number of benzene rings is 1. The van der Waals surface area contributed by atoms with Crippen LogP contribution in [0.1, 0.15) is 112 Å². The number of nitriles is 1. The summed E-state index contributed by atoms with van der Waals surface area (Å²) >= 11 is 0. The molecule has 1 aliphatic rings. The van der Waals surface area contributed by atoms with Crippen molar-refractivity contribution in [2.75, 3.05) is 0 Å². The maximum atomic E-state index is 8.93. The number of hydrogen-bond donors (Lipinski definition) is 0. The van der Waals surface area contributed by atoms with Crippen LogP contribution in [0.25, 0.3) is 0 Å². The monoisotopic (exact) mass is 388 g/mol. The molecular formula is C27H36N2. The van der Waals surface area contributed by atoms with Crippen molar-refractivity contribution in [2.24, 2.45) is 0 Å². The highest BCUT2D eigenvalue weighted by Gasteiger charge is 2.24. The first kappa shape index (κ1) is 21.6. The van der Waals surface area contributed by atoms with E-state index in [4.69, 9.17) is 5.26 Å². The van der Waals surface area contributed by atoms with Gasteiger partial charge in [-0.15, -0.1) is 0 Å². The molecule has 1 aromatic carbocycles. The highest BCUT2D eigenvalue weighted by molar-refractivity contribution is 5.29. The Morgan fingerprint density at radius 2 is 1.48 bits per heavy atom. The minimum Gasteiger partial charge on any atom is -0.260 e. The molecule has 0 N–H and O–H groups in total. The molecule has 0 spiro atoms. The predicted molar refractivity (Wildman–Crippen MR) is 121 cm³/mol. The summed E-state index contributed by atoms with van der Waals surface area (Å²) in [6, 6.07) is 15.6. The third-order valence-electron chi connectivity index (χ3n) is 6.58. The lowest BCUT2D eigenvalue weighted by atomic mass is 9.77. The first-order valence-corrected chi connectivity index (χ1v) is 11.7. The van der Waals surface area contributed by atoms with E-state index in [1.165, 1.54) is 88.2 Å². The van der Waals surface area contributed by atoms with E-state index < -0.39 is 0 Å². The average Bonchev–Trinajstić information content (AvgIpc) is 2.79. The fourth-order valence-electron chi connectivity index (χ4n) is 4.68. The van der Waals surface area contributed by atoms with Crippen molar-refractivity contribution in [1.29, 1.82) is 5.26 Å². The number of aryl methyl sites for hydroxylation is 1. The van der Waals surface area contributed by atoms with E-state index in [1.807, 2.05) is 12.1 Å². The highest BCUT2D eigenvalue weighted by Crippen LogP contribution is 2.39. The minimum absolute atomic E-state index is 0.551. The van der Waals surface area contributed by atoms with Gasteiger partial charge >= 0.3 is 0 Å². The maximum absolute atomic E-state index is 8.93. The zero-order chi connectivity index (χ0) is 20.3. The van der Waals surface area contributed by atoms with Crippen LogP contribution in [0.4, 0.5) is 0 Å². The van der Waals surface area contributed by atoms with Gasteiger partial charge in [0.05, 0.1) is 5.56 Å². The molecule has 154 valence electrons. The molecule has 0 aliphatic heterocycles. The first-order valence-electron chi connectivity index (χ1n) is 11.7. The third-order valence-corrected chi connectivity index (χ3v) is 6.58. The molecule has 1 saturated carbocycles. The molecule has 1 aliphatic carbocycles. The van der Waals surface area contributed by atoms with E-state index in [1.54, 1.807) is 6.20 Å². The van der Waals surface area contributed by atoms with Crippen LogP contribution in [0.2, 0.25) is 0 Å². The summed E-state index contributed by atoms with van der Waals surface area (Å²) in [4.78, 5) is 4.52. The quantitative estimate of drug-likeness (QED) is 0.391. The molecule has 3 rings (SSSR count). The molecule has 0 unspecified atom stereocenters. The number of pyridine rings is 1. The van der Waals surface area contributed by atoms with Crippen LogP contribution >= 0.6 is 0 Å². The molecular weight excluding hydrogens is 352 g/mol. The molecule has 0 atom stereocenters. The molecule has 1 aromatic heterocycles. The van der Waals surface area contributed by atoms with E-state index >= 15 is 0 Å². The van der Waals surface area contributed by atoms with E-state index in [9.17, 15) is 0 Å². The average molecular weight is 389 g/mol. The van der Waals surface area contributed by atoms with Crippen LogP contribution in [0.5, 0.6) is 0 Å². The van der Waals surface area contributed by atoms with Gasteiger partial charge in [0, 0.05) is 17.8 Å². The van der Waals surface area contributed by atoms with Crippen molar-refractivity contribution in [3.05, 3.63) is 65.0 Å². The topological polar surface area (TPSA) is 36.7 Å². The Kier molecular flexibility index (Phi) is 8.75. The third kappa shape index (κ3) is 6.70. The Labute approximate surface area is 177 Å². The molecule has 29 heavy (non-hydrogen) atoms. The summed E-state index contributed by atoms with van der Waals surface area (Å²) in [5.41, 5.74) is 4.82. The number of unbranched alkanes of at least 4 members (excludes halogenated alkanes) is 6. The van der Waals surface area contributed by atoms with E-state index in [-0.39, 0.29) is 0 Å². The lowest BCUT2D eigenvalue weighted by Gasteiger charge is -2.28. The van der Waals surface area contributed by atoms with Crippen molar-refractivity contribution < 1.29 is 0 Å². The van der Waals surface area contributed by atoms with E-state index in [0.717, 1.165) is 5.69 Å². The van der Waals surface area contributed by atoms with Crippen LogP contribution < -0.4 is 0 Å². The van der Waals surface area contributed by atoms with Gasteiger partial charge in [0.15, 0.2) is 0 Å². The zero-order valence-electron chi connectivity index (χ0n) is 18.1. The van der Waals surface area contributed by atoms with Gasteiger partial charge in [-0.05, 0) is 67.7 Å². The molecule has 1 heterocycles. The number of rotatable bonds is 10. The molecule has 2 heteroatoms. The second kappa shape index (κ2) is 11.8. The summed E-state index contributed by atoms with van der Waals surface area (Å²) in [5.74, 6) is 1.24. The van der Waals surface area contributed by atoms with Gasteiger partial charge in [-0.2, -0.15) is 5.26 Å². The van der Waals surface area contributed by atoms with Crippen LogP contribution in [0.3, 0.4) is 0 Å². The molecule has 0 radical (unpaired) electrons. The predicted octanol–water partition coefficient (Wildman–Crippen LogP) is 7.69. The number of aromatic nitrogens is 1. The number of hydrogen-bond acceptors (Lipinski definition) is 2. The van der Waals surface area contributed by atoms with Crippen LogP contribution in [0.15, 0.2) is 42.6 Å². The Morgan fingerprint density at radius 1 is 0.828 bits per heavy atom. The fourth-order valence-corrected chi connectivity index (χ4v) is 4.68. The fraction of sp³-hybridized carbons (Fsp3) is 0.556. The first-order chi connectivity index (χ1) is 14.3. The van der Waals surface area contributed by atoms with Gasteiger partial charge in [0.2, 0.25) is 0 Å². The summed E-state index contributed by atoms with van der Waals surface area (Å²) in [6.07, 6.45) is 17.5. The maximum Gasteiger partial charge on any atom is 0.101 e. The van der Waals surface area contributed by atoms with E-state index in [0.29, 0.717) is 17.4 Å². The SMILES string of the molecule is CCCCCCCCCc1ccc(C2CCC(c3ccc(C#N)cn3)CC2)cc1. The lowest BCUT2D eigenvalue weighted by Crippen LogP contribution is -2.13. The molecule has 2 aromatic rings. The number of nitrogens with zero attached hydrogens (tertiary/aromatic N) is 2. The zero-order valence-corrected chi connectivity index (χ0v) is 18.1. The molecule has 0 bridgehead atoms.